The number of nitriles is 1. The fourth-order valence-corrected chi connectivity index (χ4v) is 4.61. The molecule has 1 atom stereocenters. The van der Waals surface area contributed by atoms with Gasteiger partial charge in [-0.05, 0) is 48.9 Å². The summed E-state index contributed by atoms with van der Waals surface area (Å²) in [6, 6.07) is 14.2. The summed E-state index contributed by atoms with van der Waals surface area (Å²) in [5.41, 5.74) is 1.30. The van der Waals surface area contributed by atoms with E-state index in [0.29, 0.717) is 27.2 Å². The van der Waals surface area contributed by atoms with Gasteiger partial charge in [-0.25, -0.2) is 9.97 Å². The maximum Gasteiger partial charge on any atom is 0.296 e. The van der Waals surface area contributed by atoms with Gasteiger partial charge in [0.1, 0.15) is 16.1 Å². The molecule has 32 heavy (non-hydrogen) atoms. The highest BCUT2D eigenvalue weighted by atomic mass is 32.1. The summed E-state index contributed by atoms with van der Waals surface area (Å²) in [4.78, 5) is 37.1. The number of benzene rings is 1. The van der Waals surface area contributed by atoms with E-state index in [-0.39, 0.29) is 16.5 Å². The van der Waals surface area contributed by atoms with E-state index < -0.39 is 23.5 Å². The number of carbonyl (C=O) groups excluding carboxylic acids is 2. The van der Waals surface area contributed by atoms with Crippen LogP contribution in [0.4, 0.5) is 5.13 Å². The van der Waals surface area contributed by atoms with Crippen LogP contribution < -0.4 is 4.90 Å². The van der Waals surface area contributed by atoms with Crippen molar-refractivity contribution in [2.75, 3.05) is 4.90 Å². The van der Waals surface area contributed by atoms with Gasteiger partial charge in [-0.15, -0.1) is 0 Å². The quantitative estimate of drug-likeness (QED) is 0.469. The van der Waals surface area contributed by atoms with E-state index in [2.05, 4.69) is 16.0 Å². The third kappa shape index (κ3) is 3.05. The van der Waals surface area contributed by atoms with Gasteiger partial charge >= 0.3 is 0 Å². The molecule has 8 nitrogen and oxygen atoms in total. The fraction of sp³-hybridized carbons (Fsp3) is 0.0870. The Labute approximate surface area is 185 Å². The molecule has 0 bridgehead atoms. The van der Waals surface area contributed by atoms with Crippen LogP contribution in [0.1, 0.15) is 33.5 Å². The Morgan fingerprint density at radius 3 is 2.81 bits per heavy atom. The number of furan rings is 1. The van der Waals surface area contributed by atoms with E-state index in [4.69, 9.17) is 4.42 Å². The molecule has 0 spiro atoms. The highest BCUT2D eigenvalue weighted by Gasteiger charge is 2.46. The maximum absolute atomic E-state index is 13.3. The van der Waals surface area contributed by atoms with E-state index >= 15 is 0 Å². The molecule has 0 aliphatic carbocycles. The summed E-state index contributed by atoms with van der Waals surface area (Å²) in [5, 5.41) is 20.4. The second-order valence-corrected chi connectivity index (χ2v) is 8.10. The predicted molar refractivity (Wildman–Crippen MR) is 116 cm³/mol. The Bertz CT molecular complexity index is 1440. The van der Waals surface area contributed by atoms with Gasteiger partial charge in [-0.2, -0.15) is 5.26 Å². The number of aliphatic hydroxyl groups is 1. The SMILES string of the molecule is Cc1ccc(C(=O)C2=C(O)C(=O)N(c3nc4cccnc4s3)C2c2cccc(C#N)c2)o1. The van der Waals surface area contributed by atoms with Crippen molar-refractivity contribution in [3.63, 3.8) is 0 Å². The minimum atomic E-state index is -0.991. The predicted octanol–water partition coefficient (Wildman–Crippen LogP) is 4.25. The number of thiazole rings is 1. The average Bonchev–Trinajstić information content (AvgIpc) is 3.49. The molecule has 0 saturated carbocycles. The number of carbonyl (C=O) groups is 2. The van der Waals surface area contributed by atoms with E-state index in [9.17, 15) is 20.0 Å². The number of amides is 1. The fourth-order valence-electron chi connectivity index (χ4n) is 3.68. The number of hydrogen-bond acceptors (Lipinski definition) is 8. The normalized spacial score (nSPS) is 16.1. The Morgan fingerprint density at radius 2 is 2.09 bits per heavy atom. The zero-order chi connectivity index (χ0) is 22.4. The first-order valence-corrected chi connectivity index (χ1v) is 10.4. The first-order valence-electron chi connectivity index (χ1n) is 9.57. The molecule has 5 rings (SSSR count). The van der Waals surface area contributed by atoms with Crippen LogP contribution in [0.15, 0.2) is 70.5 Å². The van der Waals surface area contributed by atoms with Gasteiger partial charge in [0.05, 0.1) is 23.2 Å². The third-order valence-electron chi connectivity index (χ3n) is 5.11. The standard InChI is InChI=1S/C23H14N4O4S/c1-12-7-8-16(31-12)19(28)17-18(14-5-2-4-13(10-14)11-24)27(22(30)20(17)29)23-26-15-6-3-9-25-21(15)32-23/h2-10,18,29H,1H3. The second-order valence-electron chi connectivity index (χ2n) is 7.14. The number of hydrogen-bond donors (Lipinski definition) is 1. The summed E-state index contributed by atoms with van der Waals surface area (Å²) in [6.07, 6.45) is 1.62. The summed E-state index contributed by atoms with van der Waals surface area (Å²) in [7, 11) is 0. The zero-order valence-corrected chi connectivity index (χ0v) is 17.5. The summed E-state index contributed by atoms with van der Waals surface area (Å²) < 4.78 is 5.46. The number of aliphatic hydroxyl groups excluding tert-OH is 1. The summed E-state index contributed by atoms with van der Waals surface area (Å²) >= 11 is 1.17. The Balaban J connectivity index is 1.70. The third-order valence-corrected chi connectivity index (χ3v) is 6.09. The lowest BCUT2D eigenvalue weighted by Crippen LogP contribution is -2.31. The molecule has 1 N–H and O–H groups in total. The molecule has 156 valence electrons. The van der Waals surface area contributed by atoms with Gasteiger partial charge in [0.25, 0.3) is 5.91 Å². The number of rotatable bonds is 4. The number of pyridine rings is 1. The van der Waals surface area contributed by atoms with Gasteiger partial charge in [0, 0.05) is 6.20 Å². The summed E-state index contributed by atoms with van der Waals surface area (Å²) in [6.45, 7) is 1.69. The second kappa shape index (κ2) is 7.44. The zero-order valence-electron chi connectivity index (χ0n) is 16.6. The number of anilines is 1. The number of ketones is 1. The van der Waals surface area contributed by atoms with E-state index in [1.165, 1.54) is 22.3 Å². The molecule has 0 radical (unpaired) electrons. The van der Waals surface area contributed by atoms with Crippen molar-refractivity contribution in [2.45, 2.75) is 13.0 Å². The van der Waals surface area contributed by atoms with Crippen molar-refractivity contribution in [3.8, 4) is 6.07 Å². The summed E-state index contributed by atoms with van der Waals surface area (Å²) in [5.74, 6) is -1.52. The topological polar surface area (TPSA) is 120 Å². The van der Waals surface area contributed by atoms with Crippen molar-refractivity contribution in [1.82, 2.24) is 9.97 Å². The van der Waals surface area contributed by atoms with Crippen LogP contribution in [0.2, 0.25) is 0 Å². The van der Waals surface area contributed by atoms with Gasteiger partial charge in [0.2, 0.25) is 5.78 Å². The molecule has 0 fully saturated rings. The highest BCUT2D eigenvalue weighted by Crippen LogP contribution is 2.44. The van der Waals surface area contributed by atoms with Gasteiger partial charge in [-0.1, -0.05) is 23.5 Å². The van der Waals surface area contributed by atoms with Crippen molar-refractivity contribution in [3.05, 3.63) is 88.7 Å². The largest absolute Gasteiger partial charge is 0.503 e. The van der Waals surface area contributed by atoms with Crippen LogP contribution >= 0.6 is 11.3 Å². The molecule has 1 aliphatic rings. The maximum atomic E-state index is 13.3. The minimum Gasteiger partial charge on any atom is -0.503 e. The minimum absolute atomic E-state index is 0.00565. The van der Waals surface area contributed by atoms with Gasteiger partial charge < -0.3 is 9.52 Å². The highest BCUT2D eigenvalue weighted by molar-refractivity contribution is 7.22. The van der Waals surface area contributed by atoms with Crippen LogP contribution in [-0.4, -0.2) is 26.8 Å². The van der Waals surface area contributed by atoms with E-state index in [1.54, 1.807) is 55.6 Å². The lowest BCUT2D eigenvalue weighted by Gasteiger charge is -2.24. The lowest BCUT2D eigenvalue weighted by molar-refractivity contribution is -0.117. The Kier molecular flexibility index (Phi) is 4.57. The number of nitrogens with zero attached hydrogens (tertiary/aromatic N) is 4. The molecule has 1 amide bonds. The van der Waals surface area contributed by atoms with Crippen LogP contribution in [0, 0.1) is 18.3 Å². The number of aromatic nitrogens is 2. The van der Waals surface area contributed by atoms with Crippen molar-refractivity contribution in [1.29, 1.82) is 5.26 Å². The number of Topliss-reactive ketones (excluding diaryl/α,β-unsaturated/α-hetero) is 1. The number of fused-ring (bicyclic) bond motifs is 1. The average molecular weight is 442 g/mol. The molecule has 4 aromatic rings. The van der Waals surface area contributed by atoms with Gasteiger partial charge in [-0.3, -0.25) is 14.5 Å². The van der Waals surface area contributed by atoms with Crippen LogP contribution in [0.3, 0.4) is 0 Å². The van der Waals surface area contributed by atoms with E-state index in [0.717, 1.165) is 0 Å². The molecule has 4 heterocycles. The monoisotopic (exact) mass is 442 g/mol. The van der Waals surface area contributed by atoms with Gasteiger partial charge in [0.15, 0.2) is 16.7 Å². The first kappa shape index (κ1) is 19.7. The lowest BCUT2D eigenvalue weighted by atomic mass is 9.94. The Hall–Kier alpha value is -4.29. The molecule has 1 aromatic carbocycles. The molecule has 3 aromatic heterocycles. The molecule has 9 heteroatoms. The Morgan fingerprint density at radius 1 is 1.25 bits per heavy atom. The van der Waals surface area contributed by atoms with E-state index in [1.807, 2.05) is 0 Å². The number of aryl methyl sites for hydroxylation is 1. The van der Waals surface area contributed by atoms with Crippen molar-refractivity contribution in [2.24, 2.45) is 0 Å². The molecule has 0 saturated heterocycles. The van der Waals surface area contributed by atoms with Crippen molar-refractivity contribution < 1.29 is 19.1 Å². The van der Waals surface area contributed by atoms with Crippen LogP contribution in [0.25, 0.3) is 10.3 Å². The first-order chi connectivity index (χ1) is 15.5. The molecule has 1 aliphatic heterocycles. The molecular formula is C23H14N4O4S. The molecule has 1 unspecified atom stereocenters. The molecular weight excluding hydrogens is 428 g/mol. The van der Waals surface area contributed by atoms with Crippen LogP contribution in [-0.2, 0) is 4.79 Å². The van der Waals surface area contributed by atoms with Crippen molar-refractivity contribution >= 4 is 38.5 Å². The van der Waals surface area contributed by atoms with Crippen LogP contribution in [0.5, 0.6) is 0 Å². The smallest absolute Gasteiger partial charge is 0.296 e.